The van der Waals surface area contributed by atoms with E-state index in [1.165, 1.54) is 12.0 Å². The van der Waals surface area contributed by atoms with Crippen LogP contribution in [0.5, 0.6) is 0 Å². The lowest BCUT2D eigenvalue weighted by Gasteiger charge is -2.17. The summed E-state index contributed by atoms with van der Waals surface area (Å²) in [6.45, 7) is 9.11. The molecule has 0 amide bonds. The molecule has 0 spiro atoms. The van der Waals surface area contributed by atoms with Crippen LogP contribution in [0.15, 0.2) is 23.3 Å². The predicted molar refractivity (Wildman–Crippen MR) is 50.5 cm³/mol. The van der Waals surface area contributed by atoms with Gasteiger partial charge in [0.2, 0.25) is 0 Å². The Hall–Kier alpha value is -0.520. The predicted octanol–water partition coefficient (Wildman–Crippen LogP) is 3.55. The van der Waals surface area contributed by atoms with Gasteiger partial charge in [-0.1, -0.05) is 44.1 Å². The average Bonchev–Trinajstić information content (AvgIpc) is 2.34. The van der Waals surface area contributed by atoms with Crippen molar-refractivity contribution in [1.82, 2.24) is 0 Å². The summed E-state index contributed by atoms with van der Waals surface area (Å²) in [7, 11) is 0. The van der Waals surface area contributed by atoms with Crippen molar-refractivity contribution >= 4 is 0 Å². The van der Waals surface area contributed by atoms with E-state index < -0.39 is 0 Å². The van der Waals surface area contributed by atoms with Gasteiger partial charge in [0.05, 0.1) is 0 Å². The summed E-state index contributed by atoms with van der Waals surface area (Å²) in [5.41, 5.74) is 3.12. The van der Waals surface area contributed by atoms with E-state index in [2.05, 4.69) is 39.8 Å². The van der Waals surface area contributed by atoms with E-state index in [0.29, 0.717) is 0 Å². The third kappa shape index (κ3) is 1.95. The SMILES string of the molecule is CC1=CC=C(C(C)C(C)C)C1. The molecular weight excluding hydrogens is 132 g/mol. The molecule has 0 N–H and O–H groups in total. The van der Waals surface area contributed by atoms with Crippen LogP contribution in [0, 0.1) is 11.8 Å². The fourth-order valence-electron chi connectivity index (χ4n) is 1.43. The van der Waals surface area contributed by atoms with Gasteiger partial charge in [0.15, 0.2) is 0 Å². The Morgan fingerprint density at radius 2 is 1.82 bits per heavy atom. The van der Waals surface area contributed by atoms with E-state index in [1.807, 2.05) is 0 Å². The lowest BCUT2D eigenvalue weighted by atomic mass is 9.89. The third-order valence-corrected chi connectivity index (χ3v) is 2.65. The van der Waals surface area contributed by atoms with Crippen LogP contribution in [-0.4, -0.2) is 0 Å². The van der Waals surface area contributed by atoms with E-state index in [0.717, 1.165) is 11.8 Å². The highest BCUT2D eigenvalue weighted by molar-refractivity contribution is 5.30. The van der Waals surface area contributed by atoms with Gasteiger partial charge in [0, 0.05) is 0 Å². The van der Waals surface area contributed by atoms with Crippen molar-refractivity contribution in [3.05, 3.63) is 23.3 Å². The average molecular weight is 150 g/mol. The molecule has 0 saturated heterocycles. The van der Waals surface area contributed by atoms with E-state index >= 15 is 0 Å². The van der Waals surface area contributed by atoms with E-state index in [1.54, 1.807) is 5.57 Å². The maximum atomic E-state index is 2.32. The molecule has 0 heterocycles. The molecule has 0 aromatic heterocycles. The molecule has 0 radical (unpaired) electrons. The van der Waals surface area contributed by atoms with Gasteiger partial charge in [0.25, 0.3) is 0 Å². The molecule has 0 bridgehead atoms. The minimum atomic E-state index is 0.753. The zero-order valence-corrected chi connectivity index (χ0v) is 8.02. The van der Waals surface area contributed by atoms with Crippen LogP contribution in [0.25, 0.3) is 0 Å². The summed E-state index contributed by atoms with van der Waals surface area (Å²) < 4.78 is 0. The first kappa shape index (κ1) is 8.58. The first-order valence-corrected chi connectivity index (χ1v) is 4.47. The molecule has 0 aromatic carbocycles. The van der Waals surface area contributed by atoms with Crippen molar-refractivity contribution in [3.8, 4) is 0 Å². The van der Waals surface area contributed by atoms with Crippen LogP contribution >= 0.6 is 0 Å². The lowest BCUT2D eigenvalue weighted by Crippen LogP contribution is -2.06. The minimum absolute atomic E-state index is 0.753. The maximum Gasteiger partial charge on any atom is -0.0102 e. The Morgan fingerprint density at radius 1 is 1.18 bits per heavy atom. The van der Waals surface area contributed by atoms with Crippen molar-refractivity contribution < 1.29 is 0 Å². The van der Waals surface area contributed by atoms with Gasteiger partial charge in [0.1, 0.15) is 0 Å². The number of hydrogen-bond donors (Lipinski definition) is 0. The summed E-state index contributed by atoms with van der Waals surface area (Å²) >= 11 is 0. The Kier molecular flexibility index (Phi) is 2.53. The second kappa shape index (κ2) is 3.25. The van der Waals surface area contributed by atoms with E-state index in [4.69, 9.17) is 0 Å². The summed E-state index contributed by atoms with van der Waals surface area (Å²) in [6, 6.07) is 0. The number of allylic oxidation sites excluding steroid dienone is 4. The minimum Gasteiger partial charge on any atom is -0.0693 e. The van der Waals surface area contributed by atoms with Gasteiger partial charge in [-0.05, 0) is 25.2 Å². The van der Waals surface area contributed by atoms with Gasteiger partial charge >= 0.3 is 0 Å². The molecule has 0 nitrogen and oxygen atoms in total. The van der Waals surface area contributed by atoms with Crippen molar-refractivity contribution in [2.24, 2.45) is 11.8 Å². The Labute approximate surface area is 70.0 Å². The fraction of sp³-hybridized carbons (Fsp3) is 0.636. The monoisotopic (exact) mass is 150 g/mol. The van der Waals surface area contributed by atoms with Gasteiger partial charge in [-0.3, -0.25) is 0 Å². The zero-order chi connectivity index (χ0) is 8.43. The van der Waals surface area contributed by atoms with Crippen molar-refractivity contribution in [2.75, 3.05) is 0 Å². The number of rotatable bonds is 2. The lowest BCUT2D eigenvalue weighted by molar-refractivity contribution is 0.474. The molecule has 1 rings (SSSR count). The molecule has 62 valence electrons. The molecule has 0 aliphatic heterocycles. The number of hydrogen-bond acceptors (Lipinski definition) is 0. The van der Waals surface area contributed by atoms with Crippen molar-refractivity contribution in [2.45, 2.75) is 34.1 Å². The molecule has 1 aliphatic rings. The summed E-state index contributed by atoms with van der Waals surface area (Å²) in [6.07, 6.45) is 5.74. The summed E-state index contributed by atoms with van der Waals surface area (Å²) in [5, 5.41) is 0. The van der Waals surface area contributed by atoms with Gasteiger partial charge in [-0.25, -0.2) is 0 Å². The molecule has 0 aromatic rings. The Morgan fingerprint density at radius 3 is 2.18 bits per heavy atom. The zero-order valence-electron chi connectivity index (χ0n) is 8.02. The molecule has 1 aliphatic carbocycles. The Bertz CT molecular complexity index is 194. The summed E-state index contributed by atoms with van der Waals surface area (Å²) in [5.74, 6) is 1.53. The topological polar surface area (TPSA) is 0 Å². The highest BCUT2D eigenvalue weighted by atomic mass is 14.2. The quantitative estimate of drug-likeness (QED) is 0.564. The Balaban J connectivity index is 2.53. The molecule has 0 fully saturated rings. The highest BCUT2D eigenvalue weighted by Crippen LogP contribution is 2.29. The van der Waals surface area contributed by atoms with Gasteiger partial charge < -0.3 is 0 Å². The first-order valence-electron chi connectivity index (χ1n) is 4.47. The summed E-state index contributed by atoms with van der Waals surface area (Å²) in [4.78, 5) is 0. The fourth-order valence-corrected chi connectivity index (χ4v) is 1.43. The van der Waals surface area contributed by atoms with Crippen molar-refractivity contribution in [3.63, 3.8) is 0 Å². The van der Waals surface area contributed by atoms with Crippen LogP contribution in [0.4, 0.5) is 0 Å². The van der Waals surface area contributed by atoms with E-state index in [-0.39, 0.29) is 0 Å². The van der Waals surface area contributed by atoms with Gasteiger partial charge in [-0.2, -0.15) is 0 Å². The largest absolute Gasteiger partial charge is 0.0693 e. The second-order valence-corrected chi connectivity index (χ2v) is 3.96. The van der Waals surface area contributed by atoms with Crippen LogP contribution in [0.1, 0.15) is 34.1 Å². The first-order chi connectivity index (χ1) is 5.11. The van der Waals surface area contributed by atoms with Crippen LogP contribution < -0.4 is 0 Å². The van der Waals surface area contributed by atoms with Crippen molar-refractivity contribution in [1.29, 1.82) is 0 Å². The second-order valence-electron chi connectivity index (χ2n) is 3.96. The van der Waals surface area contributed by atoms with Crippen LogP contribution in [0.3, 0.4) is 0 Å². The molecule has 0 saturated carbocycles. The molecule has 11 heavy (non-hydrogen) atoms. The normalized spacial score (nSPS) is 20.1. The molecule has 1 unspecified atom stereocenters. The smallest absolute Gasteiger partial charge is 0.0102 e. The highest BCUT2D eigenvalue weighted by Gasteiger charge is 2.14. The van der Waals surface area contributed by atoms with Gasteiger partial charge in [-0.15, -0.1) is 0 Å². The standard InChI is InChI=1S/C11H18/c1-8(2)10(4)11-6-5-9(3)7-11/h5-6,8,10H,7H2,1-4H3. The van der Waals surface area contributed by atoms with E-state index in [9.17, 15) is 0 Å². The van der Waals surface area contributed by atoms with Crippen LogP contribution in [0.2, 0.25) is 0 Å². The molecule has 0 heteroatoms. The molecule has 1 atom stereocenters. The maximum absolute atomic E-state index is 2.32. The third-order valence-electron chi connectivity index (χ3n) is 2.65. The molecular formula is C11H18. The van der Waals surface area contributed by atoms with Crippen LogP contribution in [-0.2, 0) is 0 Å².